The first kappa shape index (κ1) is 22.1. The minimum Gasteiger partial charge on any atom is -0.354 e. The van der Waals surface area contributed by atoms with Gasteiger partial charge in [0.1, 0.15) is 16.7 Å². The summed E-state index contributed by atoms with van der Waals surface area (Å²) in [7, 11) is 1.47. The molecule has 1 amide bonds. The largest absolute Gasteiger partial charge is 0.354 e. The Labute approximate surface area is 193 Å². The van der Waals surface area contributed by atoms with Gasteiger partial charge in [-0.3, -0.25) is 14.5 Å². The van der Waals surface area contributed by atoms with Crippen molar-refractivity contribution in [1.82, 2.24) is 29.8 Å². The molecule has 5 rings (SSSR count). The van der Waals surface area contributed by atoms with Gasteiger partial charge in [0, 0.05) is 30.3 Å². The van der Waals surface area contributed by atoms with Gasteiger partial charge in [-0.15, -0.1) is 0 Å². The third-order valence-electron chi connectivity index (χ3n) is 6.59. The number of rotatable bonds is 4. The van der Waals surface area contributed by atoms with Gasteiger partial charge >= 0.3 is 0 Å². The minimum atomic E-state index is -0.621. The number of pyridine rings is 1. The van der Waals surface area contributed by atoms with Gasteiger partial charge in [-0.1, -0.05) is 12.1 Å². The van der Waals surface area contributed by atoms with E-state index in [4.69, 9.17) is 0 Å². The first-order valence-corrected chi connectivity index (χ1v) is 11.2. The Kier molecular flexibility index (Phi) is 5.60. The number of halogens is 2. The zero-order valence-electron chi connectivity index (χ0n) is 18.9. The number of hydrogen-bond acceptors (Lipinski definition) is 5. The first-order chi connectivity index (χ1) is 16.4. The fourth-order valence-electron chi connectivity index (χ4n) is 4.73. The zero-order chi connectivity index (χ0) is 24.0. The Hall–Kier alpha value is -3.66. The third kappa shape index (κ3) is 3.73. The number of nitrogens with zero attached hydrogens (tertiary/aromatic N) is 4. The second-order valence-electron chi connectivity index (χ2n) is 8.68. The third-order valence-corrected chi connectivity index (χ3v) is 6.59. The lowest BCUT2D eigenvalue weighted by molar-refractivity contribution is 0.0957. The summed E-state index contributed by atoms with van der Waals surface area (Å²) in [6.45, 7) is 3.48. The van der Waals surface area contributed by atoms with Crippen LogP contribution in [0.2, 0.25) is 0 Å². The minimum absolute atomic E-state index is 0.0170. The van der Waals surface area contributed by atoms with Crippen LogP contribution < -0.4 is 10.9 Å². The second-order valence-corrected chi connectivity index (χ2v) is 8.68. The number of aromatic amines is 1. The molecule has 0 bridgehead atoms. The van der Waals surface area contributed by atoms with Crippen molar-refractivity contribution >= 4 is 22.5 Å². The zero-order valence-corrected chi connectivity index (χ0v) is 18.9. The maximum absolute atomic E-state index is 15.3. The Morgan fingerprint density at radius 3 is 2.68 bits per heavy atom. The predicted molar refractivity (Wildman–Crippen MR) is 123 cm³/mol. The van der Waals surface area contributed by atoms with Crippen molar-refractivity contribution in [1.29, 1.82) is 0 Å². The first-order valence-electron chi connectivity index (χ1n) is 11.2. The number of nitrogens with one attached hydrogen (secondary N) is 2. The van der Waals surface area contributed by atoms with Gasteiger partial charge in [-0.05, 0) is 50.9 Å². The summed E-state index contributed by atoms with van der Waals surface area (Å²) in [4.78, 5) is 32.7. The molecule has 0 spiro atoms. The summed E-state index contributed by atoms with van der Waals surface area (Å²) in [5, 5.41) is 6.65. The molecule has 1 aliphatic rings. The van der Waals surface area contributed by atoms with Crippen LogP contribution in [0.3, 0.4) is 0 Å². The standard InChI is InChI=1S/C24H24F2N6O2/c1-13-11-28-32-18-6-3-15(19(25)20(18)30-24(34)21(13)32)12-31-9-7-14(8-10-31)16-4-5-17(23(33)27-2)29-22(16)26/h3-6,11,14H,7-10,12H2,1-2H3,(H,27,33)(H,30,34). The van der Waals surface area contributed by atoms with E-state index < -0.39 is 17.7 Å². The Morgan fingerprint density at radius 2 is 1.97 bits per heavy atom. The molecule has 3 aromatic heterocycles. The molecule has 1 aromatic carbocycles. The Bertz CT molecular complexity index is 1470. The van der Waals surface area contributed by atoms with Gasteiger partial charge < -0.3 is 10.3 Å². The number of hydrogen-bond donors (Lipinski definition) is 2. The summed E-state index contributed by atoms with van der Waals surface area (Å²) in [5.74, 6) is -1.53. The topological polar surface area (TPSA) is 95.4 Å². The molecule has 2 N–H and O–H groups in total. The van der Waals surface area contributed by atoms with Crippen LogP contribution >= 0.6 is 0 Å². The lowest BCUT2D eigenvalue weighted by atomic mass is 9.90. The molecule has 8 nitrogen and oxygen atoms in total. The van der Waals surface area contributed by atoms with Crippen LogP contribution in [0.5, 0.6) is 0 Å². The highest BCUT2D eigenvalue weighted by Crippen LogP contribution is 2.31. The number of likely N-dealkylation sites (tertiary alicyclic amines) is 1. The van der Waals surface area contributed by atoms with Crippen molar-refractivity contribution in [2.45, 2.75) is 32.2 Å². The number of fused-ring (bicyclic) bond motifs is 3. The summed E-state index contributed by atoms with van der Waals surface area (Å²) in [5.41, 5.74) is 2.43. The molecule has 34 heavy (non-hydrogen) atoms. The fourth-order valence-corrected chi connectivity index (χ4v) is 4.73. The molecule has 0 saturated carbocycles. The van der Waals surface area contributed by atoms with Gasteiger partial charge in [0.2, 0.25) is 5.95 Å². The van der Waals surface area contributed by atoms with Gasteiger partial charge in [0.05, 0.1) is 11.7 Å². The molecule has 4 aromatic rings. The number of benzene rings is 1. The molecule has 10 heteroatoms. The maximum Gasteiger partial charge on any atom is 0.274 e. The summed E-state index contributed by atoms with van der Waals surface area (Å²) in [6.07, 6.45) is 2.97. The highest BCUT2D eigenvalue weighted by Gasteiger charge is 2.25. The molecule has 0 radical (unpaired) electrons. The quantitative estimate of drug-likeness (QED) is 0.451. The van der Waals surface area contributed by atoms with E-state index in [1.165, 1.54) is 17.6 Å². The molecule has 0 unspecified atom stereocenters. The summed E-state index contributed by atoms with van der Waals surface area (Å²) in [6, 6.07) is 6.65. The van der Waals surface area contributed by atoms with Gasteiger partial charge in [-0.2, -0.15) is 9.49 Å². The van der Waals surface area contributed by atoms with Crippen LogP contribution in [0.4, 0.5) is 8.78 Å². The van der Waals surface area contributed by atoms with Gasteiger partial charge in [0.25, 0.3) is 11.5 Å². The van der Waals surface area contributed by atoms with Crippen molar-refractivity contribution in [3.05, 3.63) is 75.0 Å². The average molecular weight is 466 g/mol. The van der Waals surface area contributed by atoms with E-state index in [0.717, 1.165) is 5.56 Å². The number of carbonyl (C=O) groups is 1. The van der Waals surface area contributed by atoms with Crippen molar-refractivity contribution in [3.63, 3.8) is 0 Å². The molecule has 1 saturated heterocycles. The van der Waals surface area contributed by atoms with Crippen LogP contribution in [0.1, 0.15) is 45.9 Å². The van der Waals surface area contributed by atoms with E-state index in [9.17, 15) is 14.0 Å². The number of aromatic nitrogens is 4. The van der Waals surface area contributed by atoms with Crippen LogP contribution in [-0.4, -0.2) is 50.5 Å². The monoisotopic (exact) mass is 466 g/mol. The SMILES string of the molecule is CNC(=O)c1ccc(C2CCN(Cc3ccc4c([nH]c(=O)c5c(C)cnn54)c3F)CC2)c(F)n1. The van der Waals surface area contributed by atoms with Crippen LogP contribution in [0.15, 0.2) is 35.3 Å². The van der Waals surface area contributed by atoms with Crippen molar-refractivity contribution in [3.8, 4) is 0 Å². The maximum atomic E-state index is 15.3. The number of H-pyrrole nitrogens is 1. The summed E-state index contributed by atoms with van der Waals surface area (Å²) < 4.78 is 31.3. The number of amides is 1. The number of piperidine rings is 1. The van der Waals surface area contributed by atoms with E-state index in [0.29, 0.717) is 54.6 Å². The Morgan fingerprint density at radius 1 is 1.21 bits per heavy atom. The molecule has 4 heterocycles. The molecular formula is C24H24F2N6O2. The van der Waals surface area contributed by atoms with Crippen molar-refractivity contribution in [2.75, 3.05) is 20.1 Å². The lowest BCUT2D eigenvalue weighted by Gasteiger charge is -2.32. The van der Waals surface area contributed by atoms with E-state index in [1.807, 2.05) is 0 Å². The number of carbonyl (C=O) groups excluding carboxylic acids is 1. The number of aryl methyl sites for hydroxylation is 1. The Balaban J connectivity index is 1.32. The second kappa shape index (κ2) is 8.60. The predicted octanol–water partition coefficient (Wildman–Crippen LogP) is 2.90. The normalized spacial score (nSPS) is 15.3. The molecule has 0 atom stereocenters. The van der Waals surface area contributed by atoms with Crippen LogP contribution in [-0.2, 0) is 6.54 Å². The molecule has 176 valence electrons. The van der Waals surface area contributed by atoms with Crippen molar-refractivity contribution < 1.29 is 13.6 Å². The molecule has 1 fully saturated rings. The van der Waals surface area contributed by atoms with Crippen LogP contribution in [0, 0.1) is 18.7 Å². The van der Waals surface area contributed by atoms with E-state index in [2.05, 4.69) is 25.3 Å². The highest BCUT2D eigenvalue weighted by molar-refractivity contribution is 5.92. The van der Waals surface area contributed by atoms with Crippen LogP contribution in [0.25, 0.3) is 16.6 Å². The van der Waals surface area contributed by atoms with Gasteiger partial charge in [0.15, 0.2) is 5.82 Å². The smallest absolute Gasteiger partial charge is 0.274 e. The molecule has 0 aliphatic carbocycles. The van der Waals surface area contributed by atoms with E-state index in [-0.39, 0.29) is 22.7 Å². The van der Waals surface area contributed by atoms with Crippen molar-refractivity contribution in [2.24, 2.45) is 0 Å². The fraction of sp³-hybridized carbons (Fsp3) is 0.333. The molecule has 1 aliphatic heterocycles. The highest BCUT2D eigenvalue weighted by atomic mass is 19.1. The van der Waals surface area contributed by atoms with E-state index in [1.54, 1.807) is 31.3 Å². The average Bonchev–Trinajstić information content (AvgIpc) is 3.23. The van der Waals surface area contributed by atoms with E-state index >= 15 is 4.39 Å². The van der Waals surface area contributed by atoms with Gasteiger partial charge in [-0.25, -0.2) is 13.9 Å². The lowest BCUT2D eigenvalue weighted by Crippen LogP contribution is -2.33. The summed E-state index contributed by atoms with van der Waals surface area (Å²) >= 11 is 0. The molecular weight excluding hydrogens is 442 g/mol.